The molecule has 0 amide bonds. The highest BCUT2D eigenvalue weighted by Gasteiger charge is 2.20. The Labute approximate surface area is 180 Å². The molecule has 0 saturated carbocycles. The van der Waals surface area contributed by atoms with Crippen LogP contribution in [0.1, 0.15) is 0 Å². The molecule has 0 aromatic rings. The normalized spacial score (nSPS) is 20.1. The molecule has 30 heavy (non-hydrogen) atoms. The SMILES string of the molecule is C1=CC2=NC1=CC1=NC(=CC3=NC(=CC4=NC(=C2)C=C4)C=C3)C=C1.F[B-](F)(F)F.[AlH3]. The van der Waals surface area contributed by atoms with Crippen molar-refractivity contribution in [1.82, 2.24) is 0 Å². The zero-order valence-electron chi connectivity index (χ0n) is 14.8. The number of hydrogen-bond acceptors (Lipinski definition) is 4. The minimum Gasteiger partial charge on any atom is -0.418 e. The molecule has 0 unspecified atom stereocenters. The maximum absolute atomic E-state index is 9.75. The van der Waals surface area contributed by atoms with E-state index in [1.807, 2.05) is 72.9 Å². The van der Waals surface area contributed by atoms with Crippen LogP contribution < -0.4 is 0 Å². The Balaban J connectivity index is 0.000000386. The summed E-state index contributed by atoms with van der Waals surface area (Å²) >= 11 is 0. The summed E-state index contributed by atoms with van der Waals surface area (Å²) in [5, 5.41) is 0. The molecule has 4 nitrogen and oxygen atoms in total. The first-order valence-corrected chi connectivity index (χ1v) is 8.61. The monoisotopic (exact) mass is 425 g/mol. The van der Waals surface area contributed by atoms with Gasteiger partial charge in [0.15, 0.2) is 17.4 Å². The van der Waals surface area contributed by atoms with Gasteiger partial charge in [-0.05, 0) is 72.9 Å². The fourth-order valence-electron chi connectivity index (χ4n) is 2.83. The van der Waals surface area contributed by atoms with Crippen molar-refractivity contribution in [2.24, 2.45) is 20.0 Å². The zero-order chi connectivity index (χ0) is 20.4. The third-order valence-corrected chi connectivity index (χ3v) is 3.92. The Hall–Kier alpha value is -3.08. The van der Waals surface area contributed by atoms with E-state index < -0.39 is 7.25 Å². The van der Waals surface area contributed by atoms with Crippen LogP contribution >= 0.6 is 0 Å². The highest BCUT2D eigenvalue weighted by molar-refractivity contribution is 6.50. The van der Waals surface area contributed by atoms with Gasteiger partial charge in [-0.15, -0.1) is 0 Å². The Kier molecular flexibility index (Phi) is 6.30. The van der Waals surface area contributed by atoms with E-state index in [1.165, 1.54) is 0 Å². The van der Waals surface area contributed by atoms with Crippen LogP contribution in [0.15, 0.2) is 116 Å². The molecule has 0 aromatic heterocycles. The second-order valence-corrected chi connectivity index (χ2v) is 6.25. The summed E-state index contributed by atoms with van der Waals surface area (Å²) in [5.74, 6) is 0. The Morgan fingerprint density at radius 2 is 0.633 bits per heavy atom. The van der Waals surface area contributed by atoms with Gasteiger partial charge in [0.1, 0.15) is 0 Å². The van der Waals surface area contributed by atoms with Gasteiger partial charge in [0.25, 0.3) is 0 Å². The number of rotatable bonds is 0. The first-order valence-electron chi connectivity index (χ1n) is 8.61. The molecule has 0 aromatic carbocycles. The topological polar surface area (TPSA) is 49.4 Å². The second kappa shape index (κ2) is 8.74. The van der Waals surface area contributed by atoms with Gasteiger partial charge in [0.2, 0.25) is 0 Å². The van der Waals surface area contributed by atoms with Crippen molar-refractivity contribution in [1.29, 1.82) is 0 Å². The van der Waals surface area contributed by atoms with Crippen LogP contribution in [0.4, 0.5) is 17.3 Å². The molecule has 5 rings (SSSR count). The third-order valence-electron chi connectivity index (χ3n) is 3.92. The predicted octanol–water partition coefficient (Wildman–Crippen LogP) is 3.69. The smallest absolute Gasteiger partial charge is 0.418 e. The number of hydrogen-bond donors (Lipinski definition) is 0. The molecule has 150 valence electrons. The van der Waals surface area contributed by atoms with Gasteiger partial charge in [0.05, 0.1) is 45.6 Å². The van der Waals surface area contributed by atoms with Crippen LogP contribution in [0.5, 0.6) is 0 Å². The zero-order valence-corrected chi connectivity index (χ0v) is 14.8. The van der Waals surface area contributed by atoms with Crippen molar-refractivity contribution in [2.45, 2.75) is 0 Å². The van der Waals surface area contributed by atoms with Crippen molar-refractivity contribution < 1.29 is 17.3 Å². The van der Waals surface area contributed by atoms with Gasteiger partial charge in [-0.3, -0.25) is 0 Å². The summed E-state index contributed by atoms with van der Waals surface area (Å²) in [6, 6.07) is 0. The van der Waals surface area contributed by atoms with E-state index in [0.29, 0.717) is 0 Å². The van der Waals surface area contributed by atoms with Gasteiger partial charge < -0.3 is 17.3 Å². The molecular formula is C20H15AlBF4N4-. The standard InChI is InChI=1S/C20H12N4.Al.BF4.3H/c1-2-14-10-16-5-6-18(23-16)12-20-8-7-19(24-20)11-17-4-3-15(22-17)9-13(1)21-14;;2-1(3,4)5;;;/h1-12H;;;;;/q;;-1;;;. The molecule has 0 saturated heterocycles. The van der Waals surface area contributed by atoms with Crippen molar-refractivity contribution >= 4 is 47.5 Å². The van der Waals surface area contributed by atoms with E-state index in [4.69, 9.17) is 0 Å². The van der Waals surface area contributed by atoms with E-state index in [1.54, 1.807) is 0 Å². The van der Waals surface area contributed by atoms with Crippen LogP contribution in [-0.2, 0) is 0 Å². The van der Waals surface area contributed by atoms with Crippen LogP contribution in [0.3, 0.4) is 0 Å². The lowest BCUT2D eigenvalue weighted by atomic mass is 10.2. The molecule has 5 aliphatic rings. The minimum absolute atomic E-state index is 0. The van der Waals surface area contributed by atoms with E-state index in [9.17, 15) is 17.3 Å². The molecule has 5 aliphatic heterocycles. The van der Waals surface area contributed by atoms with Gasteiger partial charge >= 0.3 is 7.25 Å². The van der Waals surface area contributed by atoms with Crippen LogP contribution in [0.25, 0.3) is 0 Å². The Bertz CT molecular complexity index is 950. The lowest BCUT2D eigenvalue weighted by molar-refractivity contribution is 0.368. The highest BCUT2D eigenvalue weighted by atomic mass is 27.0. The summed E-state index contributed by atoms with van der Waals surface area (Å²) in [7, 11) is -6.00. The molecule has 5 heterocycles. The molecule has 0 atom stereocenters. The summed E-state index contributed by atoms with van der Waals surface area (Å²) in [6.07, 6.45) is 23.8. The molecular weight excluding hydrogens is 410 g/mol. The highest BCUT2D eigenvalue weighted by Crippen LogP contribution is 2.20. The Morgan fingerprint density at radius 1 is 0.433 bits per heavy atom. The number of fused-ring (bicyclic) bond motifs is 4. The largest absolute Gasteiger partial charge is 0.673 e. The van der Waals surface area contributed by atoms with Crippen molar-refractivity contribution in [2.75, 3.05) is 0 Å². The molecule has 0 N–H and O–H groups in total. The first kappa shape index (κ1) is 21.6. The van der Waals surface area contributed by atoms with Crippen molar-refractivity contribution in [3.63, 3.8) is 0 Å². The Morgan fingerprint density at radius 3 is 0.833 bits per heavy atom. The van der Waals surface area contributed by atoms with E-state index in [0.717, 1.165) is 45.6 Å². The minimum atomic E-state index is -6.00. The molecule has 0 radical (unpaired) electrons. The fourth-order valence-corrected chi connectivity index (χ4v) is 2.83. The second-order valence-electron chi connectivity index (χ2n) is 6.25. The predicted molar refractivity (Wildman–Crippen MR) is 119 cm³/mol. The van der Waals surface area contributed by atoms with Crippen molar-refractivity contribution in [3.05, 3.63) is 95.7 Å². The molecule has 0 spiro atoms. The third kappa shape index (κ3) is 5.96. The quantitative estimate of drug-likeness (QED) is 0.420. The van der Waals surface area contributed by atoms with Crippen LogP contribution in [-0.4, -0.2) is 47.5 Å². The first-order chi connectivity index (χ1) is 13.8. The van der Waals surface area contributed by atoms with Gasteiger partial charge in [-0.1, -0.05) is 0 Å². The lowest BCUT2D eigenvalue weighted by Crippen LogP contribution is -2.02. The molecule has 0 aliphatic carbocycles. The average Bonchev–Trinajstić information content (AvgIpc) is 3.38. The number of allylic oxidation sites excluding steroid dienone is 12. The summed E-state index contributed by atoms with van der Waals surface area (Å²) in [4.78, 5) is 18.4. The maximum atomic E-state index is 9.75. The van der Waals surface area contributed by atoms with Crippen LogP contribution in [0, 0.1) is 0 Å². The molecule has 10 heteroatoms. The summed E-state index contributed by atoms with van der Waals surface area (Å²) in [6.45, 7) is 0. The maximum Gasteiger partial charge on any atom is 0.673 e. The van der Waals surface area contributed by atoms with Crippen LogP contribution in [0.2, 0.25) is 0 Å². The van der Waals surface area contributed by atoms with Gasteiger partial charge in [-0.2, -0.15) is 0 Å². The summed E-state index contributed by atoms with van der Waals surface area (Å²) < 4.78 is 39.0. The van der Waals surface area contributed by atoms with E-state index >= 15 is 0 Å². The fraction of sp³-hybridized carbons (Fsp3) is 0. The van der Waals surface area contributed by atoms with Gasteiger partial charge in [0, 0.05) is 0 Å². The van der Waals surface area contributed by atoms with E-state index in [2.05, 4.69) is 20.0 Å². The van der Waals surface area contributed by atoms with E-state index in [-0.39, 0.29) is 17.4 Å². The number of aliphatic imine (C=N–C) groups is 4. The summed E-state index contributed by atoms with van der Waals surface area (Å²) in [5.41, 5.74) is 7.15. The molecule has 8 bridgehead atoms. The van der Waals surface area contributed by atoms with Gasteiger partial charge in [-0.25, -0.2) is 20.0 Å². The lowest BCUT2D eigenvalue weighted by Gasteiger charge is -1.94. The molecule has 0 fully saturated rings. The van der Waals surface area contributed by atoms with Crippen molar-refractivity contribution in [3.8, 4) is 0 Å². The average molecular weight is 425 g/mol. The number of nitrogens with zero attached hydrogens (tertiary/aromatic N) is 4. The number of halogens is 4.